The van der Waals surface area contributed by atoms with E-state index >= 15 is 0 Å². The van der Waals surface area contributed by atoms with Crippen LogP contribution in [0.3, 0.4) is 0 Å². The molecule has 0 aliphatic rings. The van der Waals surface area contributed by atoms with Crippen LogP contribution in [0.25, 0.3) is 0 Å². The molecular weight excluding hydrogens is 276 g/mol. The molecule has 0 aromatic heterocycles. The van der Waals surface area contributed by atoms with E-state index in [-0.39, 0.29) is 10.6 Å². The van der Waals surface area contributed by atoms with Crippen molar-refractivity contribution >= 4 is 10.1 Å². The van der Waals surface area contributed by atoms with E-state index in [9.17, 15) is 18.1 Å². The summed E-state index contributed by atoms with van der Waals surface area (Å²) in [5, 5.41) is 10.4. The number of aromatic hydroxyl groups is 1. The van der Waals surface area contributed by atoms with Crippen LogP contribution < -0.4 is 0 Å². The van der Waals surface area contributed by atoms with Crippen LogP contribution in [0.2, 0.25) is 0 Å². The van der Waals surface area contributed by atoms with Gasteiger partial charge in [0.25, 0.3) is 10.1 Å². The third kappa shape index (κ3) is 3.15. The van der Waals surface area contributed by atoms with Gasteiger partial charge in [-0.3, -0.25) is 4.55 Å². The summed E-state index contributed by atoms with van der Waals surface area (Å²) in [6.07, 6.45) is 0. The van der Waals surface area contributed by atoms with Crippen LogP contribution >= 0.6 is 0 Å². The summed E-state index contributed by atoms with van der Waals surface area (Å²) in [5.74, 6) is 0.0924. The molecule has 1 aromatic rings. The fourth-order valence-electron chi connectivity index (χ4n) is 2.48. The standard InChI is InChI=1S/C15H24O4S/c1-9-12(15(5,6)7)11(20(17,18)19)8-10(13(9)16)14(2,3)4/h8,16H,1-7H3,(H,17,18,19). The van der Waals surface area contributed by atoms with Gasteiger partial charge < -0.3 is 5.11 Å². The fraction of sp³-hybridized carbons (Fsp3) is 0.600. The van der Waals surface area contributed by atoms with Crippen molar-refractivity contribution < 1.29 is 18.1 Å². The highest BCUT2D eigenvalue weighted by Crippen LogP contribution is 2.42. The van der Waals surface area contributed by atoms with Gasteiger partial charge in [0.2, 0.25) is 0 Å². The van der Waals surface area contributed by atoms with E-state index in [2.05, 4.69) is 0 Å². The first kappa shape index (κ1) is 17.0. The highest BCUT2D eigenvalue weighted by atomic mass is 32.2. The lowest BCUT2D eigenvalue weighted by Gasteiger charge is -2.29. The van der Waals surface area contributed by atoms with Gasteiger partial charge in [-0.05, 0) is 34.9 Å². The first-order valence-electron chi connectivity index (χ1n) is 6.52. The summed E-state index contributed by atoms with van der Waals surface area (Å²) >= 11 is 0. The van der Waals surface area contributed by atoms with E-state index < -0.39 is 20.9 Å². The minimum absolute atomic E-state index is 0.0924. The SMILES string of the molecule is Cc1c(O)c(C(C)(C)C)cc(S(=O)(=O)O)c1C(C)(C)C. The Hall–Kier alpha value is -1.07. The number of hydrogen-bond acceptors (Lipinski definition) is 3. The molecule has 1 aromatic carbocycles. The predicted molar refractivity (Wildman–Crippen MR) is 80.1 cm³/mol. The van der Waals surface area contributed by atoms with Crippen LogP contribution in [0.4, 0.5) is 0 Å². The lowest BCUT2D eigenvalue weighted by Crippen LogP contribution is -2.21. The normalized spacial score (nSPS) is 13.6. The number of benzene rings is 1. The van der Waals surface area contributed by atoms with E-state index in [0.717, 1.165) is 0 Å². The van der Waals surface area contributed by atoms with Gasteiger partial charge in [0.15, 0.2) is 0 Å². The zero-order valence-electron chi connectivity index (χ0n) is 13.2. The van der Waals surface area contributed by atoms with Gasteiger partial charge >= 0.3 is 0 Å². The van der Waals surface area contributed by atoms with Crippen LogP contribution in [-0.4, -0.2) is 18.1 Å². The number of phenolic OH excluding ortho intramolecular Hbond substituents is 1. The molecule has 0 saturated carbocycles. The van der Waals surface area contributed by atoms with Gasteiger partial charge in [0, 0.05) is 5.56 Å². The van der Waals surface area contributed by atoms with Crippen molar-refractivity contribution in [3.63, 3.8) is 0 Å². The van der Waals surface area contributed by atoms with Crippen LogP contribution in [0.15, 0.2) is 11.0 Å². The molecule has 0 atom stereocenters. The molecule has 5 heteroatoms. The van der Waals surface area contributed by atoms with Crippen molar-refractivity contribution in [2.75, 3.05) is 0 Å². The van der Waals surface area contributed by atoms with E-state index in [0.29, 0.717) is 16.7 Å². The molecule has 2 N–H and O–H groups in total. The molecule has 0 fully saturated rings. The first-order chi connectivity index (χ1) is 8.67. The molecule has 0 heterocycles. The van der Waals surface area contributed by atoms with Gasteiger partial charge in [-0.2, -0.15) is 8.42 Å². The Morgan fingerprint density at radius 3 is 1.75 bits per heavy atom. The Labute approximate surface area is 121 Å². The Morgan fingerprint density at radius 1 is 1.00 bits per heavy atom. The summed E-state index contributed by atoms with van der Waals surface area (Å²) in [7, 11) is -4.35. The molecule has 1 rings (SSSR count). The van der Waals surface area contributed by atoms with Gasteiger partial charge in [0.05, 0.1) is 4.90 Å². The maximum absolute atomic E-state index is 11.7. The van der Waals surface area contributed by atoms with Gasteiger partial charge in [-0.15, -0.1) is 0 Å². The van der Waals surface area contributed by atoms with Gasteiger partial charge in [0.1, 0.15) is 5.75 Å². The summed E-state index contributed by atoms with van der Waals surface area (Å²) in [6, 6.07) is 1.39. The average molecular weight is 300 g/mol. The predicted octanol–water partition coefficient (Wildman–Crippen LogP) is 3.54. The topological polar surface area (TPSA) is 74.6 Å². The monoisotopic (exact) mass is 300 g/mol. The zero-order valence-corrected chi connectivity index (χ0v) is 14.0. The van der Waals surface area contributed by atoms with E-state index in [1.807, 2.05) is 41.5 Å². The van der Waals surface area contributed by atoms with Crippen molar-refractivity contribution in [1.29, 1.82) is 0 Å². The minimum atomic E-state index is -4.35. The van der Waals surface area contributed by atoms with Crippen LogP contribution in [0.1, 0.15) is 58.2 Å². The molecule has 0 aliphatic carbocycles. The quantitative estimate of drug-likeness (QED) is 0.778. The van der Waals surface area contributed by atoms with Gasteiger partial charge in [-0.1, -0.05) is 41.5 Å². The van der Waals surface area contributed by atoms with Crippen molar-refractivity contribution in [2.24, 2.45) is 0 Å². The van der Waals surface area contributed by atoms with Crippen molar-refractivity contribution in [1.82, 2.24) is 0 Å². The van der Waals surface area contributed by atoms with E-state index in [1.165, 1.54) is 6.07 Å². The molecule has 0 bridgehead atoms. The number of hydrogen-bond donors (Lipinski definition) is 2. The van der Waals surface area contributed by atoms with Crippen molar-refractivity contribution in [3.05, 3.63) is 22.8 Å². The Balaban J connectivity index is 3.95. The lowest BCUT2D eigenvalue weighted by atomic mass is 9.79. The first-order valence-corrected chi connectivity index (χ1v) is 7.96. The Bertz CT molecular complexity index is 629. The van der Waals surface area contributed by atoms with Crippen molar-refractivity contribution in [3.8, 4) is 5.75 Å². The molecule has 4 nitrogen and oxygen atoms in total. The third-order valence-electron chi connectivity index (χ3n) is 3.34. The molecule has 114 valence electrons. The smallest absolute Gasteiger partial charge is 0.294 e. The number of phenols is 1. The Morgan fingerprint density at radius 2 is 1.45 bits per heavy atom. The average Bonchev–Trinajstić information content (AvgIpc) is 2.15. The molecule has 0 saturated heterocycles. The van der Waals surface area contributed by atoms with Gasteiger partial charge in [-0.25, -0.2) is 0 Å². The molecule has 0 unspecified atom stereocenters. The highest BCUT2D eigenvalue weighted by Gasteiger charge is 2.32. The summed E-state index contributed by atoms with van der Waals surface area (Å²) in [4.78, 5) is -0.120. The fourth-order valence-corrected chi connectivity index (χ4v) is 3.47. The summed E-state index contributed by atoms with van der Waals surface area (Å²) < 4.78 is 33.0. The van der Waals surface area contributed by atoms with Crippen LogP contribution in [0.5, 0.6) is 5.75 Å². The third-order valence-corrected chi connectivity index (χ3v) is 4.22. The molecular formula is C15H24O4S. The second-order valence-electron chi connectivity index (χ2n) is 7.25. The summed E-state index contributed by atoms with van der Waals surface area (Å²) in [6.45, 7) is 12.9. The molecule has 0 radical (unpaired) electrons. The van der Waals surface area contributed by atoms with E-state index in [1.54, 1.807) is 6.92 Å². The van der Waals surface area contributed by atoms with Crippen LogP contribution in [-0.2, 0) is 20.9 Å². The van der Waals surface area contributed by atoms with Crippen LogP contribution in [0, 0.1) is 6.92 Å². The Kier molecular flexibility index (Phi) is 4.02. The molecule has 0 aliphatic heterocycles. The van der Waals surface area contributed by atoms with Crippen molar-refractivity contribution in [2.45, 2.75) is 64.2 Å². The maximum atomic E-state index is 11.7. The zero-order chi connectivity index (χ0) is 16.1. The lowest BCUT2D eigenvalue weighted by molar-refractivity contribution is 0.433. The molecule has 0 amide bonds. The molecule has 20 heavy (non-hydrogen) atoms. The van der Waals surface area contributed by atoms with E-state index in [4.69, 9.17) is 0 Å². The number of rotatable bonds is 1. The largest absolute Gasteiger partial charge is 0.507 e. The molecule has 0 spiro atoms. The highest BCUT2D eigenvalue weighted by molar-refractivity contribution is 7.85. The summed E-state index contributed by atoms with van der Waals surface area (Å²) in [5.41, 5.74) is 0.520. The second-order valence-corrected chi connectivity index (χ2v) is 8.64. The minimum Gasteiger partial charge on any atom is -0.507 e. The maximum Gasteiger partial charge on any atom is 0.294 e. The second kappa shape index (κ2) is 4.74.